The maximum absolute atomic E-state index is 14.3. The largest absolute Gasteiger partial charge is 0.496 e. The summed E-state index contributed by atoms with van der Waals surface area (Å²) in [5.41, 5.74) is 2.68. The van der Waals surface area contributed by atoms with E-state index in [1.807, 2.05) is 38.1 Å². The van der Waals surface area contributed by atoms with Crippen LogP contribution in [0, 0.1) is 12.7 Å². The molecule has 0 aliphatic carbocycles. The Kier molecular flexibility index (Phi) is 5.37. The summed E-state index contributed by atoms with van der Waals surface area (Å²) in [7, 11) is 1.63. The van der Waals surface area contributed by atoms with E-state index in [1.54, 1.807) is 13.2 Å². The van der Waals surface area contributed by atoms with E-state index in [2.05, 4.69) is 21.2 Å². The van der Waals surface area contributed by atoms with Crippen molar-refractivity contribution in [2.24, 2.45) is 0 Å². The van der Waals surface area contributed by atoms with Crippen LogP contribution in [0.5, 0.6) is 5.75 Å². The van der Waals surface area contributed by atoms with Crippen LogP contribution >= 0.6 is 15.9 Å². The topological polar surface area (TPSA) is 21.3 Å². The standard InChI is InChI=1S/C17H19BrFNO/c1-4-20-17(13-7-6-12(18)10-15(13)19)14-9-11(2)5-8-16(14)21-3/h5-10,17,20H,4H2,1-3H3. The second kappa shape index (κ2) is 7.05. The van der Waals surface area contributed by atoms with Gasteiger partial charge in [-0.05, 0) is 31.7 Å². The lowest BCUT2D eigenvalue weighted by molar-refractivity contribution is 0.403. The third kappa shape index (κ3) is 3.63. The zero-order valence-electron chi connectivity index (χ0n) is 12.4. The highest BCUT2D eigenvalue weighted by molar-refractivity contribution is 9.10. The van der Waals surface area contributed by atoms with E-state index in [0.29, 0.717) is 5.56 Å². The van der Waals surface area contributed by atoms with E-state index in [1.165, 1.54) is 6.07 Å². The number of hydrogen-bond acceptors (Lipinski definition) is 2. The Hall–Kier alpha value is -1.39. The Morgan fingerprint density at radius 2 is 1.95 bits per heavy atom. The molecule has 1 unspecified atom stereocenters. The van der Waals surface area contributed by atoms with Gasteiger partial charge in [-0.25, -0.2) is 4.39 Å². The highest BCUT2D eigenvalue weighted by atomic mass is 79.9. The summed E-state index contributed by atoms with van der Waals surface area (Å²) in [5, 5.41) is 3.34. The fraction of sp³-hybridized carbons (Fsp3) is 0.294. The summed E-state index contributed by atoms with van der Waals surface area (Å²) in [5.74, 6) is 0.521. The minimum absolute atomic E-state index is 0.237. The summed E-state index contributed by atoms with van der Waals surface area (Å²) < 4.78 is 20.5. The highest BCUT2D eigenvalue weighted by Gasteiger charge is 2.20. The van der Waals surface area contributed by atoms with Gasteiger partial charge in [0.2, 0.25) is 0 Å². The first kappa shape index (κ1) is 16.0. The van der Waals surface area contributed by atoms with Gasteiger partial charge in [0.15, 0.2) is 0 Å². The van der Waals surface area contributed by atoms with Gasteiger partial charge in [0.1, 0.15) is 11.6 Å². The molecular weight excluding hydrogens is 333 g/mol. The Bertz CT molecular complexity index is 630. The molecule has 0 bridgehead atoms. The molecule has 4 heteroatoms. The molecule has 0 aromatic heterocycles. The van der Waals surface area contributed by atoms with Gasteiger partial charge in [-0.3, -0.25) is 0 Å². The number of rotatable bonds is 5. The van der Waals surface area contributed by atoms with Crippen LogP contribution in [0.4, 0.5) is 4.39 Å². The minimum Gasteiger partial charge on any atom is -0.496 e. The van der Waals surface area contributed by atoms with Crippen LogP contribution in [-0.4, -0.2) is 13.7 Å². The first-order valence-corrected chi connectivity index (χ1v) is 7.69. The molecule has 0 spiro atoms. The minimum atomic E-state index is -0.238. The Morgan fingerprint density at radius 1 is 1.19 bits per heavy atom. The van der Waals surface area contributed by atoms with Crippen LogP contribution in [-0.2, 0) is 0 Å². The van der Waals surface area contributed by atoms with Crippen molar-refractivity contribution in [3.05, 3.63) is 63.4 Å². The predicted octanol–water partition coefficient (Wildman–Crippen LogP) is 4.60. The number of benzene rings is 2. The molecule has 1 N–H and O–H groups in total. The van der Waals surface area contributed by atoms with Gasteiger partial charge in [0, 0.05) is 15.6 Å². The number of ether oxygens (including phenoxy) is 1. The van der Waals surface area contributed by atoms with Crippen LogP contribution in [0.15, 0.2) is 40.9 Å². The van der Waals surface area contributed by atoms with E-state index in [-0.39, 0.29) is 11.9 Å². The van der Waals surface area contributed by atoms with E-state index >= 15 is 0 Å². The molecule has 21 heavy (non-hydrogen) atoms. The van der Waals surface area contributed by atoms with Crippen LogP contribution in [0.1, 0.15) is 29.7 Å². The normalized spacial score (nSPS) is 12.2. The van der Waals surface area contributed by atoms with Gasteiger partial charge in [0.25, 0.3) is 0 Å². The maximum atomic E-state index is 14.3. The number of nitrogens with one attached hydrogen (secondary N) is 1. The average Bonchev–Trinajstić information content (AvgIpc) is 2.45. The lowest BCUT2D eigenvalue weighted by Crippen LogP contribution is -2.23. The van der Waals surface area contributed by atoms with E-state index in [9.17, 15) is 4.39 Å². The van der Waals surface area contributed by atoms with Gasteiger partial charge in [-0.1, -0.05) is 46.6 Å². The molecule has 0 saturated carbocycles. The summed E-state index contributed by atoms with van der Waals surface area (Å²) in [4.78, 5) is 0. The smallest absolute Gasteiger partial charge is 0.129 e. The van der Waals surface area contributed by atoms with Gasteiger partial charge < -0.3 is 10.1 Å². The summed E-state index contributed by atoms with van der Waals surface area (Å²) in [6.45, 7) is 4.76. The zero-order valence-corrected chi connectivity index (χ0v) is 14.0. The summed E-state index contributed by atoms with van der Waals surface area (Å²) in [6.07, 6.45) is 0. The van der Waals surface area contributed by atoms with Crippen LogP contribution in [0.25, 0.3) is 0 Å². The summed E-state index contributed by atoms with van der Waals surface area (Å²) >= 11 is 3.30. The van der Waals surface area contributed by atoms with Gasteiger partial charge in [-0.15, -0.1) is 0 Å². The quantitative estimate of drug-likeness (QED) is 0.849. The molecule has 0 aliphatic rings. The Morgan fingerprint density at radius 3 is 2.57 bits per heavy atom. The molecule has 1 atom stereocenters. The second-order valence-corrected chi connectivity index (χ2v) is 5.82. The van der Waals surface area contributed by atoms with Crippen LogP contribution < -0.4 is 10.1 Å². The molecule has 2 rings (SSSR count). The van der Waals surface area contributed by atoms with E-state index < -0.39 is 0 Å². The van der Waals surface area contributed by atoms with E-state index in [0.717, 1.165) is 27.9 Å². The fourth-order valence-electron chi connectivity index (χ4n) is 2.41. The molecule has 0 saturated heterocycles. The van der Waals surface area contributed by atoms with Crippen molar-refractivity contribution in [2.45, 2.75) is 19.9 Å². The van der Waals surface area contributed by atoms with Crippen LogP contribution in [0.3, 0.4) is 0 Å². The predicted molar refractivity (Wildman–Crippen MR) is 87.4 cm³/mol. The second-order valence-electron chi connectivity index (χ2n) is 4.90. The molecule has 0 aliphatic heterocycles. The Balaban J connectivity index is 2.55. The van der Waals surface area contributed by atoms with Gasteiger partial charge in [0.05, 0.1) is 13.2 Å². The van der Waals surface area contributed by atoms with Crippen LogP contribution in [0.2, 0.25) is 0 Å². The van der Waals surface area contributed by atoms with Crippen molar-refractivity contribution in [3.63, 3.8) is 0 Å². The fourth-order valence-corrected chi connectivity index (χ4v) is 2.74. The molecule has 2 aromatic rings. The van der Waals surface area contributed by atoms with E-state index in [4.69, 9.17) is 4.74 Å². The molecule has 0 amide bonds. The van der Waals surface area contributed by atoms with Crippen molar-refractivity contribution >= 4 is 15.9 Å². The van der Waals surface area contributed by atoms with Crippen molar-refractivity contribution in [1.29, 1.82) is 0 Å². The lowest BCUT2D eigenvalue weighted by atomic mass is 9.96. The van der Waals surface area contributed by atoms with Crippen molar-refractivity contribution in [3.8, 4) is 5.75 Å². The monoisotopic (exact) mass is 351 g/mol. The molecule has 0 fully saturated rings. The maximum Gasteiger partial charge on any atom is 0.129 e. The number of aryl methyl sites for hydroxylation is 1. The van der Waals surface area contributed by atoms with Crippen molar-refractivity contribution < 1.29 is 9.13 Å². The van der Waals surface area contributed by atoms with Gasteiger partial charge >= 0.3 is 0 Å². The molecular formula is C17H19BrFNO. The number of halogens is 2. The van der Waals surface area contributed by atoms with Gasteiger partial charge in [-0.2, -0.15) is 0 Å². The summed E-state index contributed by atoms with van der Waals surface area (Å²) in [6, 6.07) is 10.8. The first-order chi connectivity index (χ1) is 10.1. The first-order valence-electron chi connectivity index (χ1n) is 6.89. The lowest BCUT2D eigenvalue weighted by Gasteiger charge is -2.22. The number of hydrogen-bond donors (Lipinski definition) is 1. The third-order valence-electron chi connectivity index (χ3n) is 3.38. The average molecular weight is 352 g/mol. The van der Waals surface area contributed by atoms with Crippen molar-refractivity contribution in [2.75, 3.05) is 13.7 Å². The zero-order chi connectivity index (χ0) is 15.4. The third-order valence-corrected chi connectivity index (χ3v) is 3.87. The SMILES string of the molecule is CCNC(c1ccc(Br)cc1F)c1cc(C)ccc1OC. The highest BCUT2D eigenvalue weighted by Crippen LogP contribution is 2.33. The molecule has 0 radical (unpaired) electrons. The molecule has 0 heterocycles. The molecule has 112 valence electrons. The Labute approximate surface area is 133 Å². The molecule has 2 aromatic carbocycles. The number of methoxy groups -OCH3 is 1. The van der Waals surface area contributed by atoms with Crippen molar-refractivity contribution in [1.82, 2.24) is 5.32 Å². The molecule has 2 nitrogen and oxygen atoms in total.